The standard InChI is InChI=1S/C10H10F3NO5S/c1-14-9(15)7-5-6(3-4-8(7)18-2)19-20(16,17)10(11,12)13/h3-5H,1-2H3,(H,14,15). The third kappa shape index (κ3) is 3.32. The van der Waals surface area contributed by atoms with Gasteiger partial charge in [0.15, 0.2) is 0 Å². The van der Waals surface area contributed by atoms with Gasteiger partial charge >= 0.3 is 15.6 Å². The van der Waals surface area contributed by atoms with Gasteiger partial charge in [0, 0.05) is 7.05 Å². The van der Waals surface area contributed by atoms with Crippen LogP contribution in [0, 0.1) is 0 Å². The number of carbonyl (C=O) groups excluding carboxylic acids is 1. The molecule has 0 saturated heterocycles. The summed E-state index contributed by atoms with van der Waals surface area (Å²) in [6, 6.07) is 2.89. The molecule has 0 aliphatic carbocycles. The maximum absolute atomic E-state index is 12.2. The Labute approximate surface area is 112 Å². The molecule has 1 rings (SSSR count). The highest BCUT2D eigenvalue weighted by molar-refractivity contribution is 7.88. The van der Waals surface area contributed by atoms with Gasteiger partial charge in [0.2, 0.25) is 0 Å². The number of rotatable bonds is 4. The molecular formula is C10H10F3NO5S. The van der Waals surface area contributed by atoms with Crippen LogP contribution in [0.25, 0.3) is 0 Å². The molecule has 1 amide bonds. The van der Waals surface area contributed by atoms with Gasteiger partial charge < -0.3 is 14.2 Å². The number of ether oxygens (including phenoxy) is 1. The Morgan fingerprint density at radius 1 is 1.30 bits per heavy atom. The molecular weight excluding hydrogens is 303 g/mol. The van der Waals surface area contributed by atoms with Crippen LogP contribution in [0.4, 0.5) is 13.2 Å². The van der Waals surface area contributed by atoms with Crippen molar-refractivity contribution in [3.05, 3.63) is 23.8 Å². The Balaban J connectivity index is 3.20. The molecule has 0 aliphatic rings. The number of hydrogen-bond acceptors (Lipinski definition) is 5. The molecule has 0 unspecified atom stereocenters. The van der Waals surface area contributed by atoms with Crippen LogP contribution in [-0.4, -0.2) is 34.0 Å². The van der Waals surface area contributed by atoms with Crippen LogP contribution >= 0.6 is 0 Å². The highest BCUT2D eigenvalue weighted by Crippen LogP contribution is 2.29. The van der Waals surface area contributed by atoms with E-state index in [0.717, 1.165) is 18.2 Å². The van der Waals surface area contributed by atoms with E-state index in [1.54, 1.807) is 0 Å². The maximum atomic E-state index is 12.2. The topological polar surface area (TPSA) is 81.7 Å². The van der Waals surface area contributed by atoms with Crippen LogP contribution in [0.5, 0.6) is 11.5 Å². The van der Waals surface area contributed by atoms with Crippen LogP contribution in [0.3, 0.4) is 0 Å². The highest BCUT2D eigenvalue weighted by Gasteiger charge is 2.48. The number of methoxy groups -OCH3 is 1. The number of amides is 1. The van der Waals surface area contributed by atoms with Gasteiger partial charge in [0.05, 0.1) is 12.7 Å². The lowest BCUT2D eigenvalue weighted by molar-refractivity contribution is -0.0500. The predicted octanol–water partition coefficient (Wildman–Crippen LogP) is 1.28. The summed E-state index contributed by atoms with van der Waals surface area (Å²) in [5, 5.41) is 2.23. The molecule has 0 fully saturated rings. The van der Waals surface area contributed by atoms with Crippen molar-refractivity contribution in [2.45, 2.75) is 5.51 Å². The van der Waals surface area contributed by atoms with Crippen LogP contribution < -0.4 is 14.2 Å². The van der Waals surface area contributed by atoms with Crippen LogP contribution in [0.15, 0.2) is 18.2 Å². The Kier molecular flexibility index (Phi) is 4.48. The third-order valence-electron chi connectivity index (χ3n) is 2.13. The Morgan fingerprint density at radius 3 is 2.35 bits per heavy atom. The number of carbonyl (C=O) groups is 1. The molecule has 1 aromatic carbocycles. The van der Waals surface area contributed by atoms with Gasteiger partial charge in [-0.2, -0.15) is 21.6 Å². The first kappa shape index (κ1) is 16.1. The van der Waals surface area contributed by atoms with Gasteiger partial charge in [0.25, 0.3) is 5.91 Å². The summed E-state index contributed by atoms with van der Waals surface area (Å²) in [5.74, 6) is -1.26. The van der Waals surface area contributed by atoms with E-state index in [-0.39, 0.29) is 11.3 Å². The second kappa shape index (κ2) is 5.57. The molecule has 0 bridgehead atoms. The van der Waals surface area contributed by atoms with Gasteiger partial charge in [-0.1, -0.05) is 0 Å². The van der Waals surface area contributed by atoms with Gasteiger partial charge in [-0.05, 0) is 18.2 Å². The monoisotopic (exact) mass is 313 g/mol. The predicted molar refractivity (Wildman–Crippen MR) is 62.0 cm³/mol. The van der Waals surface area contributed by atoms with E-state index in [0.29, 0.717) is 0 Å². The fourth-order valence-electron chi connectivity index (χ4n) is 1.22. The first-order valence-electron chi connectivity index (χ1n) is 5.03. The van der Waals surface area contributed by atoms with Crippen molar-refractivity contribution in [1.82, 2.24) is 5.32 Å². The van der Waals surface area contributed by atoms with Gasteiger partial charge in [-0.3, -0.25) is 4.79 Å². The van der Waals surface area contributed by atoms with Crippen molar-refractivity contribution in [2.75, 3.05) is 14.2 Å². The molecule has 0 aliphatic heterocycles. The normalized spacial score (nSPS) is 11.8. The van der Waals surface area contributed by atoms with Crippen LogP contribution in [-0.2, 0) is 10.1 Å². The van der Waals surface area contributed by atoms with Crippen molar-refractivity contribution in [3.8, 4) is 11.5 Å². The molecule has 0 saturated carbocycles. The molecule has 0 atom stereocenters. The molecule has 10 heteroatoms. The zero-order valence-corrected chi connectivity index (χ0v) is 11.1. The lowest BCUT2D eigenvalue weighted by Gasteiger charge is -2.12. The van der Waals surface area contributed by atoms with Crippen molar-refractivity contribution in [1.29, 1.82) is 0 Å². The average Bonchev–Trinajstić information content (AvgIpc) is 2.36. The lowest BCUT2D eigenvalue weighted by atomic mass is 10.2. The summed E-state index contributed by atoms with van der Waals surface area (Å²) < 4.78 is 67.0. The second-order valence-electron chi connectivity index (χ2n) is 3.42. The van der Waals surface area contributed by atoms with E-state index in [9.17, 15) is 26.4 Å². The van der Waals surface area contributed by atoms with Crippen molar-refractivity contribution in [2.24, 2.45) is 0 Å². The number of hydrogen-bond donors (Lipinski definition) is 1. The van der Waals surface area contributed by atoms with Crippen molar-refractivity contribution >= 4 is 16.0 Å². The highest BCUT2D eigenvalue weighted by atomic mass is 32.2. The van der Waals surface area contributed by atoms with Gasteiger partial charge in [0.1, 0.15) is 11.5 Å². The zero-order valence-electron chi connectivity index (χ0n) is 10.3. The summed E-state index contributed by atoms with van der Waals surface area (Å²) in [4.78, 5) is 11.5. The first-order chi connectivity index (χ1) is 9.12. The molecule has 0 spiro atoms. The lowest BCUT2D eigenvalue weighted by Crippen LogP contribution is -2.28. The second-order valence-corrected chi connectivity index (χ2v) is 4.96. The van der Waals surface area contributed by atoms with E-state index < -0.39 is 27.3 Å². The molecule has 1 N–H and O–H groups in total. The molecule has 6 nitrogen and oxygen atoms in total. The van der Waals surface area contributed by atoms with E-state index in [1.807, 2.05) is 0 Å². The SMILES string of the molecule is CNC(=O)c1cc(OS(=O)(=O)C(F)(F)F)ccc1OC. The molecule has 0 heterocycles. The summed E-state index contributed by atoms with van der Waals surface area (Å²) in [6.45, 7) is 0. The van der Waals surface area contributed by atoms with Crippen LogP contribution in [0.1, 0.15) is 10.4 Å². The average molecular weight is 313 g/mol. The fourth-order valence-corrected chi connectivity index (χ4v) is 1.68. The Morgan fingerprint density at radius 2 is 1.90 bits per heavy atom. The Hall–Kier alpha value is -1.97. The molecule has 112 valence electrons. The van der Waals surface area contributed by atoms with E-state index in [4.69, 9.17) is 4.74 Å². The maximum Gasteiger partial charge on any atom is 0.534 e. The number of halogens is 3. The van der Waals surface area contributed by atoms with Gasteiger partial charge in [-0.25, -0.2) is 0 Å². The van der Waals surface area contributed by atoms with E-state index >= 15 is 0 Å². The zero-order chi connectivity index (χ0) is 15.6. The minimum atomic E-state index is -5.79. The third-order valence-corrected chi connectivity index (χ3v) is 3.11. The summed E-state index contributed by atoms with van der Waals surface area (Å²) in [7, 11) is -3.25. The number of alkyl halides is 3. The largest absolute Gasteiger partial charge is 0.534 e. The number of benzene rings is 1. The fraction of sp³-hybridized carbons (Fsp3) is 0.300. The minimum absolute atomic E-state index is 0.0566. The van der Waals surface area contributed by atoms with E-state index in [1.165, 1.54) is 14.2 Å². The smallest absolute Gasteiger partial charge is 0.496 e. The molecule has 0 radical (unpaired) electrons. The van der Waals surface area contributed by atoms with E-state index in [2.05, 4.69) is 9.50 Å². The van der Waals surface area contributed by atoms with Crippen LogP contribution in [0.2, 0.25) is 0 Å². The summed E-state index contributed by atoms with van der Waals surface area (Å²) in [5.41, 5.74) is -5.72. The summed E-state index contributed by atoms with van der Waals surface area (Å²) >= 11 is 0. The molecule has 0 aromatic heterocycles. The first-order valence-corrected chi connectivity index (χ1v) is 6.44. The van der Waals surface area contributed by atoms with Crippen molar-refractivity contribution < 1.29 is 35.3 Å². The number of nitrogens with one attached hydrogen (secondary N) is 1. The summed E-state index contributed by atoms with van der Waals surface area (Å²) in [6.07, 6.45) is 0. The quantitative estimate of drug-likeness (QED) is 0.669. The van der Waals surface area contributed by atoms with Gasteiger partial charge in [-0.15, -0.1) is 0 Å². The Bertz CT molecular complexity index is 612. The molecule has 1 aromatic rings. The molecule has 20 heavy (non-hydrogen) atoms. The minimum Gasteiger partial charge on any atom is -0.496 e. The van der Waals surface area contributed by atoms with Crippen molar-refractivity contribution in [3.63, 3.8) is 0 Å².